The van der Waals surface area contributed by atoms with Gasteiger partial charge in [-0.15, -0.1) is 0 Å². The first-order valence-corrected chi connectivity index (χ1v) is 7.77. The van der Waals surface area contributed by atoms with Gasteiger partial charge < -0.3 is 15.1 Å². The minimum atomic E-state index is -0.374. The average molecular weight is 325 g/mol. The third-order valence-electron chi connectivity index (χ3n) is 3.85. The van der Waals surface area contributed by atoms with Crippen LogP contribution >= 0.6 is 0 Å². The molecule has 0 spiro atoms. The minimum absolute atomic E-state index is 0.198. The molecule has 0 radical (unpaired) electrons. The summed E-state index contributed by atoms with van der Waals surface area (Å²) in [5, 5.41) is 5.64. The van der Waals surface area contributed by atoms with Gasteiger partial charge in [-0.3, -0.25) is 4.57 Å². The molecule has 6 nitrogen and oxygen atoms in total. The maximum atomic E-state index is 11.8. The molecular formula is C18H19N3O3. The highest BCUT2D eigenvalue weighted by atomic mass is 16.4. The summed E-state index contributed by atoms with van der Waals surface area (Å²) in [4.78, 5) is 23.3. The third-order valence-corrected chi connectivity index (χ3v) is 3.85. The average Bonchev–Trinajstić information content (AvgIpc) is 2.88. The van der Waals surface area contributed by atoms with Gasteiger partial charge in [0, 0.05) is 20.1 Å². The van der Waals surface area contributed by atoms with E-state index in [0.29, 0.717) is 25.1 Å². The van der Waals surface area contributed by atoms with E-state index in [0.717, 1.165) is 16.6 Å². The Kier molecular flexibility index (Phi) is 4.65. The first kappa shape index (κ1) is 15.9. The number of hydrogen-bond acceptors (Lipinski definition) is 3. The molecule has 0 unspecified atom stereocenters. The topological polar surface area (TPSA) is 76.3 Å². The smallest absolute Gasteiger partial charge is 0.408 e. The van der Waals surface area contributed by atoms with Crippen molar-refractivity contribution in [1.82, 2.24) is 15.2 Å². The molecule has 6 heteroatoms. The first-order valence-electron chi connectivity index (χ1n) is 7.77. The van der Waals surface area contributed by atoms with Crippen LogP contribution in [0.3, 0.4) is 0 Å². The Bertz CT molecular complexity index is 897. The fraction of sp³-hybridized carbons (Fsp3) is 0.222. The first-order chi connectivity index (χ1) is 11.6. The molecule has 0 saturated heterocycles. The van der Waals surface area contributed by atoms with Crippen LogP contribution in [-0.4, -0.2) is 17.1 Å². The van der Waals surface area contributed by atoms with Crippen molar-refractivity contribution < 1.29 is 9.21 Å². The van der Waals surface area contributed by atoms with E-state index in [1.54, 1.807) is 13.1 Å². The van der Waals surface area contributed by atoms with Gasteiger partial charge in [0.15, 0.2) is 5.58 Å². The standard InChI is InChI=1S/C18H19N3O3/c1-21-15-11-13(7-8-16(15)24-18(21)23)9-10-19-17(22)20-12-14-5-3-2-4-6-14/h2-8,11H,9-10,12H2,1H3,(H2,19,20,22). The summed E-state index contributed by atoms with van der Waals surface area (Å²) >= 11 is 0. The van der Waals surface area contributed by atoms with Crippen LogP contribution in [0.2, 0.25) is 0 Å². The number of hydrogen-bond donors (Lipinski definition) is 2. The molecular weight excluding hydrogens is 306 g/mol. The van der Waals surface area contributed by atoms with Gasteiger partial charge in [0.1, 0.15) is 0 Å². The molecule has 0 fully saturated rings. The van der Waals surface area contributed by atoms with E-state index in [2.05, 4.69) is 10.6 Å². The number of nitrogens with zero attached hydrogens (tertiary/aromatic N) is 1. The predicted octanol–water partition coefficient (Wildman–Crippen LogP) is 2.17. The number of amides is 2. The minimum Gasteiger partial charge on any atom is -0.408 e. The van der Waals surface area contributed by atoms with Gasteiger partial charge in [0.25, 0.3) is 0 Å². The molecule has 0 aliphatic heterocycles. The van der Waals surface area contributed by atoms with Crippen molar-refractivity contribution in [2.24, 2.45) is 7.05 Å². The Morgan fingerprint density at radius 1 is 1.08 bits per heavy atom. The van der Waals surface area contributed by atoms with Crippen LogP contribution in [-0.2, 0) is 20.0 Å². The van der Waals surface area contributed by atoms with Crippen molar-refractivity contribution in [3.63, 3.8) is 0 Å². The fourth-order valence-corrected chi connectivity index (χ4v) is 2.49. The summed E-state index contributed by atoms with van der Waals surface area (Å²) in [5.74, 6) is -0.374. The van der Waals surface area contributed by atoms with Crippen molar-refractivity contribution in [2.45, 2.75) is 13.0 Å². The van der Waals surface area contributed by atoms with Crippen molar-refractivity contribution in [3.8, 4) is 0 Å². The number of oxazole rings is 1. The highest BCUT2D eigenvalue weighted by Gasteiger charge is 2.07. The van der Waals surface area contributed by atoms with Crippen LogP contribution in [0, 0.1) is 0 Å². The van der Waals surface area contributed by atoms with E-state index in [-0.39, 0.29) is 11.8 Å². The molecule has 1 heterocycles. The lowest BCUT2D eigenvalue weighted by Crippen LogP contribution is -2.36. The third kappa shape index (κ3) is 3.65. The van der Waals surface area contributed by atoms with Gasteiger partial charge in [-0.2, -0.15) is 0 Å². The Labute approximate surface area is 139 Å². The van der Waals surface area contributed by atoms with Crippen LogP contribution in [0.5, 0.6) is 0 Å². The quantitative estimate of drug-likeness (QED) is 0.755. The molecule has 0 saturated carbocycles. The van der Waals surface area contributed by atoms with E-state index in [1.807, 2.05) is 42.5 Å². The van der Waals surface area contributed by atoms with Gasteiger partial charge in [0.05, 0.1) is 5.52 Å². The normalized spacial score (nSPS) is 10.7. The summed E-state index contributed by atoms with van der Waals surface area (Å²) in [7, 11) is 1.67. The zero-order valence-electron chi connectivity index (χ0n) is 13.4. The number of urea groups is 1. The van der Waals surface area contributed by atoms with Gasteiger partial charge >= 0.3 is 11.8 Å². The van der Waals surface area contributed by atoms with Crippen LogP contribution in [0.25, 0.3) is 11.1 Å². The molecule has 0 aliphatic rings. The zero-order chi connectivity index (χ0) is 16.9. The lowest BCUT2D eigenvalue weighted by atomic mass is 10.1. The summed E-state index contributed by atoms with van der Waals surface area (Å²) < 4.78 is 6.57. The molecule has 0 bridgehead atoms. The van der Waals surface area contributed by atoms with Gasteiger partial charge in [-0.05, 0) is 29.7 Å². The number of aromatic nitrogens is 1. The fourth-order valence-electron chi connectivity index (χ4n) is 2.49. The van der Waals surface area contributed by atoms with Crippen LogP contribution < -0.4 is 16.4 Å². The molecule has 3 rings (SSSR count). The van der Waals surface area contributed by atoms with Crippen molar-refractivity contribution in [3.05, 3.63) is 70.2 Å². The van der Waals surface area contributed by atoms with E-state index < -0.39 is 0 Å². The lowest BCUT2D eigenvalue weighted by Gasteiger charge is -2.08. The maximum absolute atomic E-state index is 11.8. The molecule has 24 heavy (non-hydrogen) atoms. The summed E-state index contributed by atoms with van der Waals surface area (Å²) in [6, 6.07) is 15.1. The second kappa shape index (κ2) is 7.04. The molecule has 3 aromatic rings. The Morgan fingerprint density at radius 2 is 1.88 bits per heavy atom. The number of benzene rings is 2. The Hall–Kier alpha value is -3.02. The SMILES string of the molecule is Cn1c(=O)oc2ccc(CCNC(=O)NCc3ccccc3)cc21. The summed E-state index contributed by atoms with van der Waals surface area (Å²) in [6.07, 6.45) is 0.675. The maximum Gasteiger partial charge on any atom is 0.419 e. The van der Waals surface area contributed by atoms with E-state index in [9.17, 15) is 9.59 Å². The molecule has 2 N–H and O–H groups in total. The second-order valence-corrected chi connectivity index (χ2v) is 5.57. The van der Waals surface area contributed by atoms with E-state index >= 15 is 0 Å². The van der Waals surface area contributed by atoms with E-state index in [1.165, 1.54) is 4.57 Å². The zero-order valence-corrected chi connectivity index (χ0v) is 13.4. The summed E-state index contributed by atoms with van der Waals surface area (Å²) in [6.45, 7) is 1.01. The van der Waals surface area contributed by atoms with Crippen LogP contribution in [0.15, 0.2) is 57.7 Å². The Morgan fingerprint density at radius 3 is 2.67 bits per heavy atom. The van der Waals surface area contributed by atoms with Gasteiger partial charge in [-0.25, -0.2) is 9.59 Å². The van der Waals surface area contributed by atoms with Crippen LogP contribution in [0.1, 0.15) is 11.1 Å². The molecule has 124 valence electrons. The molecule has 2 aromatic carbocycles. The highest BCUT2D eigenvalue weighted by Crippen LogP contribution is 2.14. The number of nitrogens with one attached hydrogen (secondary N) is 2. The monoisotopic (exact) mass is 325 g/mol. The van der Waals surface area contributed by atoms with Crippen molar-refractivity contribution in [2.75, 3.05) is 6.54 Å². The van der Waals surface area contributed by atoms with Crippen molar-refractivity contribution in [1.29, 1.82) is 0 Å². The molecule has 0 atom stereocenters. The highest BCUT2D eigenvalue weighted by molar-refractivity contribution is 5.74. The molecule has 1 aromatic heterocycles. The number of fused-ring (bicyclic) bond motifs is 1. The largest absolute Gasteiger partial charge is 0.419 e. The van der Waals surface area contributed by atoms with Gasteiger partial charge in [-0.1, -0.05) is 36.4 Å². The number of carbonyl (C=O) groups is 1. The van der Waals surface area contributed by atoms with Crippen molar-refractivity contribution >= 4 is 17.1 Å². The number of rotatable bonds is 5. The van der Waals surface area contributed by atoms with E-state index in [4.69, 9.17) is 4.42 Å². The van der Waals surface area contributed by atoms with Crippen LogP contribution in [0.4, 0.5) is 4.79 Å². The molecule has 0 aliphatic carbocycles. The lowest BCUT2D eigenvalue weighted by molar-refractivity contribution is 0.240. The second-order valence-electron chi connectivity index (χ2n) is 5.57. The number of carbonyl (C=O) groups excluding carboxylic acids is 1. The summed E-state index contributed by atoms with van der Waals surface area (Å²) in [5.41, 5.74) is 3.41. The predicted molar refractivity (Wildman–Crippen MR) is 91.8 cm³/mol. The van der Waals surface area contributed by atoms with Gasteiger partial charge in [0.2, 0.25) is 0 Å². The number of aryl methyl sites for hydroxylation is 1. The molecule has 2 amide bonds. The Balaban J connectivity index is 1.50.